The first-order valence-corrected chi connectivity index (χ1v) is 11.0. The third-order valence-electron chi connectivity index (χ3n) is 4.80. The van der Waals surface area contributed by atoms with Crippen molar-refractivity contribution in [2.24, 2.45) is 16.5 Å². The third kappa shape index (κ3) is 10.4. The molecule has 0 aliphatic rings. The summed E-state index contributed by atoms with van der Waals surface area (Å²) in [7, 11) is 1.37. The van der Waals surface area contributed by atoms with Crippen LogP contribution in [-0.2, 0) is 19.1 Å². The van der Waals surface area contributed by atoms with Gasteiger partial charge in [-0.2, -0.15) is 0 Å². The number of nitrogens with zero attached hydrogens (tertiary/aromatic N) is 2. The molecule has 1 rings (SSSR count). The van der Waals surface area contributed by atoms with Crippen molar-refractivity contribution in [2.75, 3.05) is 19.0 Å². The second kappa shape index (κ2) is 14.3. The molecule has 37 heavy (non-hydrogen) atoms. The van der Waals surface area contributed by atoms with Gasteiger partial charge in [-0.1, -0.05) is 0 Å². The summed E-state index contributed by atoms with van der Waals surface area (Å²) < 4.78 is 10.6. The number of rotatable bonds is 14. The number of aliphatic hydroxyl groups excluding tert-OH is 1. The number of ether oxygens (including phenoxy) is 2. The number of allylic oxidation sites excluding steroid dienone is 1. The number of methoxy groups -OCH3 is 1. The number of hydrogen-bond donors (Lipinski definition) is 7. The smallest absolute Gasteiger partial charge is 0.255 e. The van der Waals surface area contributed by atoms with Gasteiger partial charge in [0.1, 0.15) is 11.7 Å². The molecule has 0 spiro atoms. The molecule has 2 unspecified atom stereocenters. The van der Waals surface area contributed by atoms with E-state index in [1.54, 1.807) is 38.1 Å². The number of aliphatic hydroxyl groups is 1. The Labute approximate surface area is 215 Å². The largest absolute Gasteiger partial charge is 0.483 e. The first kappa shape index (κ1) is 30.7. The summed E-state index contributed by atoms with van der Waals surface area (Å²) in [6, 6.07) is 6.23. The molecule has 9 N–H and O–H groups in total. The van der Waals surface area contributed by atoms with Crippen LogP contribution in [0, 0.1) is 16.2 Å². The van der Waals surface area contributed by atoms with Gasteiger partial charge in [0.05, 0.1) is 31.1 Å². The second-order valence-electron chi connectivity index (χ2n) is 8.39. The normalized spacial score (nSPS) is 14.0. The van der Waals surface area contributed by atoms with E-state index < -0.39 is 23.7 Å². The van der Waals surface area contributed by atoms with E-state index in [1.807, 2.05) is 0 Å². The molecule has 0 heterocycles. The van der Waals surface area contributed by atoms with Crippen LogP contribution in [0.5, 0.6) is 0 Å². The summed E-state index contributed by atoms with van der Waals surface area (Å²) >= 11 is 0. The molecule has 0 fully saturated rings. The highest BCUT2D eigenvalue weighted by Gasteiger charge is 2.31. The maximum Gasteiger partial charge on any atom is 0.255 e. The van der Waals surface area contributed by atoms with Crippen molar-refractivity contribution < 1.29 is 24.2 Å². The monoisotopic (exact) mass is 514 g/mol. The molecule has 0 aromatic heterocycles. The number of benzene rings is 1. The Hall–Kier alpha value is -4.36. The van der Waals surface area contributed by atoms with Gasteiger partial charge in [0, 0.05) is 29.7 Å². The summed E-state index contributed by atoms with van der Waals surface area (Å²) in [5, 5.41) is 35.9. The molecule has 2 atom stereocenters. The highest BCUT2D eigenvalue weighted by atomic mass is 16.5. The van der Waals surface area contributed by atoms with Crippen molar-refractivity contribution in [3.63, 3.8) is 0 Å². The summed E-state index contributed by atoms with van der Waals surface area (Å²) in [4.78, 5) is 29.1. The van der Waals surface area contributed by atoms with Gasteiger partial charge in [-0.15, -0.1) is 0 Å². The highest BCUT2D eigenvalue weighted by Crippen LogP contribution is 2.18. The fourth-order valence-electron chi connectivity index (χ4n) is 2.97. The highest BCUT2D eigenvalue weighted by molar-refractivity contribution is 6.35. The van der Waals surface area contributed by atoms with E-state index in [2.05, 4.69) is 10.3 Å². The molecule has 1 aromatic carbocycles. The second-order valence-corrected chi connectivity index (χ2v) is 8.39. The van der Waals surface area contributed by atoms with Crippen LogP contribution in [-0.4, -0.2) is 77.4 Å². The number of nitrogen functional groups attached to an aromatic ring is 1. The number of anilines is 1. The summed E-state index contributed by atoms with van der Waals surface area (Å²) in [6.07, 6.45) is 2.69. The number of amides is 2. The van der Waals surface area contributed by atoms with E-state index in [4.69, 9.17) is 37.2 Å². The van der Waals surface area contributed by atoms with Crippen molar-refractivity contribution >= 4 is 41.6 Å². The Morgan fingerprint density at radius 1 is 1.27 bits per heavy atom. The van der Waals surface area contributed by atoms with E-state index in [9.17, 15) is 14.7 Å². The fourth-order valence-corrected chi connectivity index (χ4v) is 2.97. The van der Waals surface area contributed by atoms with Crippen molar-refractivity contribution in [3.05, 3.63) is 54.1 Å². The van der Waals surface area contributed by atoms with E-state index in [1.165, 1.54) is 32.4 Å². The zero-order chi connectivity index (χ0) is 28.2. The Bertz CT molecular complexity index is 1080. The van der Waals surface area contributed by atoms with Crippen LogP contribution in [0.3, 0.4) is 0 Å². The minimum atomic E-state index is -1.53. The molecule has 0 radical (unpaired) electrons. The number of carbonyl (C=O) groups excluding carboxylic acids is 2. The number of hydrogen-bond acceptors (Lipinski definition) is 10. The quantitative estimate of drug-likeness (QED) is 0.0822. The first-order chi connectivity index (χ1) is 17.3. The molecule has 2 amide bonds. The fraction of sp³-hybridized carbons (Fsp3) is 0.333. The molecule has 0 bridgehead atoms. The number of nitrogens with one attached hydrogen (secondary N) is 4. The average molecular weight is 515 g/mol. The lowest BCUT2D eigenvalue weighted by Crippen LogP contribution is -2.48. The molecule has 0 aliphatic carbocycles. The number of aliphatic imine (C=N–C) groups is 1. The standard InChI is InChI=1S/C24H34N8O5/c1-15(21(34)23(35)31-17-7-5-16(6-8-17)22(28)29)37-24(2,3)13-32(14-33)19(26)9-10-30-18(12-25)11-20(27)36-4/h5-12,14-15,21,25-26,34H,13,27H2,1-4H3,(H3,28,29)(H,31,35)/b10-9-,20-11?,25-12?,26-19?,30-18?. The van der Waals surface area contributed by atoms with Crippen LogP contribution >= 0.6 is 0 Å². The topological polar surface area (TPSA) is 224 Å². The summed E-state index contributed by atoms with van der Waals surface area (Å²) in [5.74, 6) is -0.966. The predicted octanol–water partition coefficient (Wildman–Crippen LogP) is 0.940. The van der Waals surface area contributed by atoms with Gasteiger partial charge >= 0.3 is 0 Å². The van der Waals surface area contributed by atoms with Crippen LogP contribution in [0.15, 0.2) is 53.5 Å². The lowest BCUT2D eigenvalue weighted by atomic mass is 10.1. The van der Waals surface area contributed by atoms with Crippen LogP contribution < -0.4 is 16.8 Å². The molecule has 0 saturated carbocycles. The predicted molar refractivity (Wildman–Crippen MR) is 142 cm³/mol. The maximum absolute atomic E-state index is 12.5. The lowest BCUT2D eigenvalue weighted by Gasteiger charge is -2.34. The molecule has 13 heteroatoms. The van der Waals surface area contributed by atoms with Crippen LogP contribution in [0.4, 0.5) is 5.69 Å². The lowest BCUT2D eigenvalue weighted by molar-refractivity contribution is -0.146. The van der Waals surface area contributed by atoms with Gasteiger partial charge in [0.15, 0.2) is 12.0 Å². The first-order valence-electron chi connectivity index (χ1n) is 11.0. The van der Waals surface area contributed by atoms with Crippen LogP contribution in [0.1, 0.15) is 26.3 Å². The van der Waals surface area contributed by atoms with Crippen LogP contribution in [0.25, 0.3) is 0 Å². The minimum absolute atomic E-state index is 0.0509. The van der Waals surface area contributed by atoms with Gasteiger partial charge in [0.2, 0.25) is 6.41 Å². The Kier molecular flexibility index (Phi) is 11.8. The SMILES string of the molecule is COC(N)=CC(C=N)=N/C=C\C(=N)N(C=O)CC(C)(C)OC(C)C(O)C(=O)Nc1ccc(C(=N)N)cc1. The Morgan fingerprint density at radius 2 is 1.89 bits per heavy atom. The summed E-state index contributed by atoms with van der Waals surface area (Å²) in [6.45, 7) is 4.73. The van der Waals surface area contributed by atoms with E-state index >= 15 is 0 Å². The number of nitrogens with two attached hydrogens (primary N) is 2. The number of amidine groups is 2. The van der Waals surface area contributed by atoms with Crippen molar-refractivity contribution in [3.8, 4) is 0 Å². The molecule has 13 nitrogen and oxygen atoms in total. The third-order valence-corrected chi connectivity index (χ3v) is 4.80. The van der Waals surface area contributed by atoms with Crippen molar-refractivity contribution in [1.82, 2.24) is 4.90 Å². The van der Waals surface area contributed by atoms with E-state index in [0.29, 0.717) is 17.7 Å². The Morgan fingerprint density at radius 3 is 2.41 bits per heavy atom. The molecule has 0 aliphatic heterocycles. The van der Waals surface area contributed by atoms with Gasteiger partial charge < -0.3 is 36.8 Å². The van der Waals surface area contributed by atoms with Crippen molar-refractivity contribution in [2.45, 2.75) is 38.6 Å². The Balaban J connectivity index is 2.78. The zero-order valence-corrected chi connectivity index (χ0v) is 21.2. The molecular formula is C24H34N8O5. The molecule has 200 valence electrons. The van der Waals surface area contributed by atoms with Crippen LogP contribution in [0.2, 0.25) is 0 Å². The van der Waals surface area contributed by atoms with Gasteiger partial charge in [-0.3, -0.25) is 30.3 Å². The van der Waals surface area contributed by atoms with E-state index in [0.717, 1.165) is 11.1 Å². The van der Waals surface area contributed by atoms with Crippen molar-refractivity contribution in [1.29, 1.82) is 16.2 Å². The van der Waals surface area contributed by atoms with Gasteiger partial charge in [0.25, 0.3) is 5.91 Å². The molecular weight excluding hydrogens is 480 g/mol. The number of carbonyl (C=O) groups is 2. The molecule has 1 aromatic rings. The zero-order valence-electron chi connectivity index (χ0n) is 21.2. The van der Waals surface area contributed by atoms with E-state index in [-0.39, 0.29) is 29.8 Å². The average Bonchev–Trinajstić information content (AvgIpc) is 2.85. The maximum atomic E-state index is 12.5. The summed E-state index contributed by atoms with van der Waals surface area (Å²) in [5.41, 5.74) is 10.9. The van der Waals surface area contributed by atoms with Gasteiger partial charge in [-0.25, -0.2) is 0 Å². The minimum Gasteiger partial charge on any atom is -0.483 e. The molecule has 0 saturated heterocycles. The van der Waals surface area contributed by atoms with Gasteiger partial charge in [-0.05, 0) is 51.1 Å².